The van der Waals surface area contributed by atoms with Crippen LogP contribution in [0.4, 0.5) is 0 Å². The van der Waals surface area contributed by atoms with Crippen molar-refractivity contribution in [3.63, 3.8) is 0 Å². The highest BCUT2D eigenvalue weighted by Gasteiger charge is 2.18. The summed E-state index contributed by atoms with van der Waals surface area (Å²) >= 11 is 0. The first-order chi connectivity index (χ1) is 11.3. The van der Waals surface area contributed by atoms with Gasteiger partial charge in [0.05, 0.1) is 0 Å². The Morgan fingerprint density at radius 2 is 1.57 bits per heavy atom. The molecule has 1 heterocycles. The van der Waals surface area contributed by atoms with Crippen molar-refractivity contribution in [1.29, 1.82) is 0 Å². The quantitative estimate of drug-likeness (QED) is 0.706. The lowest BCUT2D eigenvalue weighted by atomic mass is 9.90. The third kappa shape index (κ3) is 5.21. The van der Waals surface area contributed by atoms with Crippen molar-refractivity contribution >= 4 is 0 Å². The van der Waals surface area contributed by atoms with Crippen LogP contribution in [0.1, 0.15) is 42.4 Å². The van der Waals surface area contributed by atoms with Gasteiger partial charge in [0.25, 0.3) is 0 Å². The molecule has 0 aromatic heterocycles. The zero-order valence-corrected chi connectivity index (χ0v) is 14.4. The highest BCUT2D eigenvalue weighted by atomic mass is 15.1. The summed E-state index contributed by atoms with van der Waals surface area (Å²) in [6, 6.07) is 19.9. The summed E-state index contributed by atoms with van der Waals surface area (Å²) in [5, 5.41) is 0. The lowest BCUT2D eigenvalue weighted by molar-refractivity contribution is 0.171. The number of hydrogen-bond acceptors (Lipinski definition) is 1. The zero-order chi connectivity index (χ0) is 15.9. The van der Waals surface area contributed by atoms with Gasteiger partial charge in [-0.15, -0.1) is 0 Å². The SMILES string of the molecule is Cc1ccc(CCCC2CCN(Cc3ccccc3)CC2)cc1. The van der Waals surface area contributed by atoms with Gasteiger partial charge in [-0.1, -0.05) is 66.6 Å². The molecule has 1 nitrogen and oxygen atoms in total. The number of rotatable bonds is 6. The second-order valence-corrected chi connectivity index (χ2v) is 7.08. The van der Waals surface area contributed by atoms with E-state index in [9.17, 15) is 0 Å². The Bertz CT molecular complexity index is 565. The highest BCUT2D eigenvalue weighted by molar-refractivity contribution is 5.21. The summed E-state index contributed by atoms with van der Waals surface area (Å²) in [5.41, 5.74) is 4.31. The van der Waals surface area contributed by atoms with Crippen molar-refractivity contribution in [1.82, 2.24) is 4.90 Å². The van der Waals surface area contributed by atoms with E-state index in [0.29, 0.717) is 0 Å². The molecule has 0 aliphatic carbocycles. The lowest BCUT2D eigenvalue weighted by Gasteiger charge is -2.32. The van der Waals surface area contributed by atoms with E-state index in [0.717, 1.165) is 12.5 Å². The minimum Gasteiger partial charge on any atom is -0.299 e. The lowest BCUT2D eigenvalue weighted by Crippen LogP contribution is -2.33. The molecule has 122 valence electrons. The van der Waals surface area contributed by atoms with Crippen LogP contribution in [0, 0.1) is 12.8 Å². The van der Waals surface area contributed by atoms with Gasteiger partial charge >= 0.3 is 0 Å². The maximum Gasteiger partial charge on any atom is 0.0233 e. The van der Waals surface area contributed by atoms with Gasteiger partial charge in [0.2, 0.25) is 0 Å². The normalized spacial score (nSPS) is 16.6. The van der Waals surface area contributed by atoms with Crippen LogP contribution in [-0.2, 0) is 13.0 Å². The van der Waals surface area contributed by atoms with Crippen molar-refractivity contribution < 1.29 is 0 Å². The maximum atomic E-state index is 2.62. The predicted octanol–water partition coefficient (Wildman–Crippen LogP) is 5.23. The number of likely N-dealkylation sites (tertiary alicyclic amines) is 1. The summed E-state index contributed by atoms with van der Waals surface area (Å²) in [6.45, 7) is 5.82. The van der Waals surface area contributed by atoms with Crippen LogP contribution >= 0.6 is 0 Å². The molecule has 0 N–H and O–H groups in total. The number of benzene rings is 2. The van der Waals surface area contributed by atoms with Gasteiger partial charge in [0, 0.05) is 6.54 Å². The first-order valence-electron chi connectivity index (χ1n) is 9.11. The molecule has 3 rings (SSSR count). The topological polar surface area (TPSA) is 3.24 Å². The Kier molecular flexibility index (Phi) is 5.87. The number of nitrogens with zero attached hydrogens (tertiary/aromatic N) is 1. The summed E-state index contributed by atoms with van der Waals surface area (Å²) in [4.78, 5) is 2.62. The standard InChI is InChI=1S/C22H29N/c1-19-10-12-20(13-11-19)8-5-9-21-14-16-23(17-15-21)18-22-6-3-2-4-7-22/h2-4,6-7,10-13,21H,5,8-9,14-18H2,1H3. The van der Waals surface area contributed by atoms with Crippen molar-refractivity contribution in [2.24, 2.45) is 5.92 Å². The first-order valence-corrected chi connectivity index (χ1v) is 9.11. The molecular weight excluding hydrogens is 278 g/mol. The van der Waals surface area contributed by atoms with Crippen molar-refractivity contribution in [3.8, 4) is 0 Å². The van der Waals surface area contributed by atoms with Gasteiger partial charge in [-0.05, 0) is 62.7 Å². The van der Waals surface area contributed by atoms with Crippen molar-refractivity contribution in [3.05, 3.63) is 71.3 Å². The summed E-state index contributed by atoms with van der Waals surface area (Å²) in [6.07, 6.45) is 6.73. The van der Waals surface area contributed by atoms with Gasteiger partial charge < -0.3 is 0 Å². The van der Waals surface area contributed by atoms with Gasteiger partial charge in [-0.25, -0.2) is 0 Å². The fourth-order valence-electron chi connectivity index (χ4n) is 3.62. The summed E-state index contributed by atoms with van der Waals surface area (Å²) in [7, 11) is 0. The second kappa shape index (κ2) is 8.31. The molecule has 0 amide bonds. The summed E-state index contributed by atoms with van der Waals surface area (Å²) < 4.78 is 0. The van der Waals surface area contributed by atoms with Gasteiger partial charge in [0.15, 0.2) is 0 Å². The van der Waals surface area contributed by atoms with E-state index >= 15 is 0 Å². The van der Waals surface area contributed by atoms with Gasteiger partial charge in [-0.3, -0.25) is 4.90 Å². The fourth-order valence-corrected chi connectivity index (χ4v) is 3.62. The molecule has 0 radical (unpaired) electrons. The smallest absolute Gasteiger partial charge is 0.0233 e. The minimum absolute atomic E-state index is 0.937. The van der Waals surface area contributed by atoms with Crippen LogP contribution in [0.15, 0.2) is 54.6 Å². The molecule has 0 atom stereocenters. The molecule has 1 heteroatoms. The largest absolute Gasteiger partial charge is 0.299 e. The van der Waals surface area contributed by atoms with Crippen molar-refractivity contribution in [2.75, 3.05) is 13.1 Å². The molecule has 2 aromatic rings. The Morgan fingerprint density at radius 1 is 0.870 bits per heavy atom. The molecule has 1 aliphatic rings. The zero-order valence-electron chi connectivity index (χ0n) is 14.4. The van der Waals surface area contributed by atoms with E-state index in [1.165, 1.54) is 61.9 Å². The molecule has 0 unspecified atom stereocenters. The molecule has 1 fully saturated rings. The minimum atomic E-state index is 0.937. The highest BCUT2D eigenvalue weighted by Crippen LogP contribution is 2.24. The Hall–Kier alpha value is -1.60. The first kappa shape index (κ1) is 16.3. The Labute approximate surface area is 141 Å². The molecule has 0 spiro atoms. The average Bonchev–Trinajstić information content (AvgIpc) is 2.59. The van der Waals surface area contributed by atoms with E-state index in [1.807, 2.05) is 0 Å². The van der Waals surface area contributed by atoms with Crippen LogP contribution in [0.2, 0.25) is 0 Å². The molecular formula is C22H29N. The molecule has 1 aliphatic heterocycles. The van der Waals surface area contributed by atoms with E-state index < -0.39 is 0 Å². The average molecular weight is 307 g/mol. The predicted molar refractivity (Wildman–Crippen MR) is 98.6 cm³/mol. The van der Waals surface area contributed by atoms with E-state index in [1.54, 1.807) is 0 Å². The van der Waals surface area contributed by atoms with Crippen LogP contribution in [0.3, 0.4) is 0 Å². The Balaban J connectivity index is 1.35. The maximum absolute atomic E-state index is 2.62. The van der Waals surface area contributed by atoms with Crippen LogP contribution in [0.5, 0.6) is 0 Å². The summed E-state index contributed by atoms with van der Waals surface area (Å²) in [5.74, 6) is 0.937. The van der Waals surface area contributed by atoms with Gasteiger partial charge in [0.1, 0.15) is 0 Å². The third-order valence-electron chi connectivity index (χ3n) is 5.15. The molecule has 23 heavy (non-hydrogen) atoms. The van der Waals surface area contributed by atoms with Crippen molar-refractivity contribution in [2.45, 2.75) is 45.6 Å². The number of aryl methyl sites for hydroxylation is 2. The van der Waals surface area contributed by atoms with E-state index in [2.05, 4.69) is 66.4 Å². The van der Waals surface area contributed by atoms with E-state index in [4.69, 9.17) is 0 Å². The van der Waals surface area contributed by atoms with Gasteiger partial charge in [-0.2, -0.15) is 0 Å². The molecule has 0 saturated carbocycles. The fraction of sp³-hybridized carbons (Fsp3) is 0.455. The molecule has 2 aromatic carbocycles. The third-order valence-corrected chi connectivity index (χ3v) is 5.15. The number of hydrogen-bond donors (Lipinski definition) is 0. The molecule has 0 bridgehead atoms. The molecule has 1 saturated heterocycles. The van der Waals surface area contributed by atoms with Crippen LogP contribution in [-0.4, -0.2) is 18.0 Å². The second-order valence-electron chi connectivity index (χ2n) is 7.08. The van der Waals surface area contributed by atoms with Crippen LogP contribution < -0.4 is 0 Å². The van der Waals surface area contributed by atoms with Crippen LogP contribution in [0.25, 0.3) is 0 Å². The monoisotopic (exact) mass is 307 g/mol. The van der Waals surface area contributed by atoms with E-state index in [-0.39, 0.29) is 0 Å². The number of piperidine rings is 1. The Morgan fingerprint density at radius 3 is 2.26 bits per heavy atom.